The van der Waals surface area contributed by atoms with Crippen LogP contribution in [-0.2, 0) is 11.2 Å². The first-order chi connectivity index (χ1) is 13.6. The maximum atomic E-state index is 10.3. The molecule has 148 valence electrons. The Morgan fingerprint density at radius 1 is 1.18 bits per heavy atom. The van der Waals surface area contributed by atoms with Crippen molar-refractivity contribution < 1.29 is 14.9 Å². The van der Waals surface area contributed by atoms with Crippen LogP contribution in [-0.4, -0.2) is 60.0 Å². The van der Waals surface area contributed by atoms with Gasteiger partial charge >= 0.3 is 0 Å². The highest BCUT2D eigenvalue weighted by Crippen LogP contribution is 2.32. The first-order valence-corrected chi connectivity index (χ1v) is 9.67. The van der Waals surface area contributed by atoms with Crippen LogP contribution in [0, 0.1) is 0 Å². The van der Waals surface area contributed by atoms with E-state index in [0.29, 0.717) is 17.0 Å². The number of fused-ring (bicyclic) bond motifs is 1. The summed E-state index contributed by atoms with van der Waals surface area (Å²) >= 11 is 5.81. The fourth-order valence-electron chi connectivity index (χ4n) is 3.48. The van der Waals surface area contributed by atoms with Crippen molar-refractivity contribution in [3.8, 4) is 0 Å². The standard InChI is InChI=1S/C19H22ClN5O3/c1-11(7-12-5-3-2-4-6-12)24-17-14-18(22-9-21-17)25(10-23-14)19-16(27)15(26)13(8-20)28-19/h2-6,9-11,13,15-16,19,26-27H,7-8H2,1H3,(H,21,22,24)/t11-,13-,15-,16-,19?/m1/s1. The highest BCUT2D eigenvalue weighted by atomic mass is 35.5. The number of aliphatic hydroxyl groups is 2. The Kier molecular flexibility index (Phi) is 5.45. The van der Waals surface area contributed by atoms with Gasteiger partial charge in [0.15, 0.2) is 23.2 Å². The Balaban J connectivity index is 1.57. The third-order valence-corrected chi connectivity index (χ3v) is 5.19. The van der Waals surface area contributed by atoms with Crippen molar-refractivity contribution in [2.75, 3.05) is 11.2 Å². The summed E-state index contributed by atoms with van der Waals surface area (Å²) in [5.41, 5.74) is 2.31. The van der Waals surface area contributed by atoms with Crippen molar-refractivity contribution in [3.05, 3.63) is 48.5 Å². The molecule has 0 amide bonds. The van der Waals surface area contributed by atoms with Crippen LogP contribution < -0.4 is 5.32 Å². The van der Waals surface area contributed by atoms with Crippen molar-refractivity contribution in [2.24, 2.45) is 0 Å². The first kappa shape index (κ1) is 19.1. The molecule has 3 heterocycles. The van der Waals surface area contributed by atoms with Gasteiger partial charge in [-0.15, -0.1) is 11.6 Å². The number of anilines is 1. The molecule has 0 aliphatic carbocycles. The second-order valence-corrected chi connectivity index (χ2v) is 7.29. The molecule has 1 fully saturated rings. The summed E-state index contributed by atoms with van der Waals surface area (Å²) in [5, 5.41) is 23.8. The molecule has 8 nitrogen and oxygen atoms in total. The predicted octanol–water partition coefficient (Wildman–Crippen LogP) is 1.73. The molecule has 28 heavy (non-hydrogen) atoms. The fraction of sp³-hybridized carbons (Fsp3) is 0.421. The Hall–Kier alpha value is -2.26. The van der Waals surface area contributed by atoms with Crippen molar-refractivity contribution in [3.63, 3.8) is 0 Å². The van der Waals surface area contributed by atoms with Crippen LogP contribution in [0.15, 0.2) is 43.0 Å². The number of benzene rings is 1. The van der Waals surface area contributed by atoms with Gasteiger partial charge in [0.25, 0.3) is 0 Å². The van der Waals surface area contributed by atoms with Gasteiger partial charge in [0.05, 0.1) is 12.2 Å². The first-order valence-electron chi connectivity index (χ1n) is 9.14. The molecule has 1 saturated heterocycles. The molecule has 1 aliphatic heterocycles. The van der Waals surface area contributed by atoms with E-state index in [4.69, 9.17) is 16.3 Å². The predicted molar refractivity (Wildman–Crippen MR) is 105 cm³/mol. The van der Waals surface area contributed by atoms with E-state index in [1.165, 1.54) is 18.2 Å². The van der Waals surface area contributed by atoms with Crippen molar-refractivity contribution in [1.82, 2.24) is 19.5 Å². The van der Waals surface area contributed by atoms with E-state index in [2.05, 4.69) is 39.3 Å². The monoisotopic (exact) mass is 403 g/mol. The highest BCUT2D eigenvalue weighted by molar-refractivity contribution is 6.18. The third kappa shape index (κ3) is 3.56. The van der Waals surface area contributed by atoms with Gasteiger partial charge in [-0.2, -0.15) is 0 Å². The maximum absolute atomic E-state index is 10.3. The molecule has 3 aromatic rings. The van der Waals surface area contributed by atoms with Crippen LogP contribution in [0.3, 0.4) is 0 Å². The van der Waals surface area contributed by atoms with Crippen molar-refractivity contribution in [2.45, 2.75) is 43.9 Å². The minimum absolute atomic E-state index is 0.0835. The van der Waals surface area contributed by atoms with Gasteiger partial charge in [-0.3, -0.25) is 4.57 Å². The Morgan fingerprint density at radius 3 is 2.68 bits per heavy atom. The molecule has 0 saturated carbocycles. The quantitative estimate of drug-likeness (QED) is 0.538. The van der Waals surface area contributed by atoms with Crippen molar-refractivity contribution in [1.29, 1.82) is 0 Å². The summed E-state index contributed by atoms with van der Waals surface area (Å²) in [4.78, 5) is 13.0. The molecule has 2 aromatic heterocycles. The molecule has 4 rings (SSSR count). The summed E-state index contributed by atoms with van der Waals surface area (Å²) in [5.74, 6) is 0.689. The molecular weight excluding hydrogens is 382 g/mol. The normalized spacial score (nSPS) is 25.9. The minimum Gasteiger partial charge on any atom is -0.387 e. The van der Waals surface area contributed by atoms with Crippen LogP contribution in [0.4, 0.5) is 5.82 Å². The van der Waals surface area contributed by atoms with E-state index in [1.807, 2.05) is 18.2 Å². The molecule has 0 spiro atoms. The van der Waals surface area contributed by atoms with Gasteiger partial charge in [-0.05, 0) is 18.9 Å². The number of rotatable bonds is 6. The van der Waals surface area contributed by atoms with E-state index in [9.17, 15) is 10.2 Å². The molecule has 1 aromatic carbocycles. The fourth-order valence-corrected chi connectivity index (χ4v) is 3.74. The van der Waals surface area contributed by atoms with E-state index >= 15 is 0 Å². The van der Waals surface area contributed by atoms with Crippen molar-refractivity contribution >= 4 is 28.6 Å². The molecule has 9 heteroatoms. The lowest BCUT2D eigenvalue weighted by Gasteiger charge is -2.17. The van der Waals surface area contributed by atoms with E-state index in [1.54, 1.807) is 4.57 Å². The summed E-state index contributed by atoms with van der Waals surface area (Å²) in [7, 11) is 0. The molecule has 0 bridgehead atoms. The zero-order valence-corrected chi connectivity index (χ0v) is 16.1. The van der Waals surface area contributed by atoms with Crippen LogP contribution in [0.2, 0.25) is 0 Å². The highest BCUT2D eigenvalue weighted by Gasteiger charge is 2.43. The Bertz CT molecular complexity index is 938. The van der Waals surface area contributed by atoms with Crippen LogP contribution in [0.1, 0.15) is 18.7 Å². The Labute approximate surface area is 167 Å². The third-order valence-electron chi connectivity index (χ3n) is 4.89. The Morgan fingerprint density at radius 2 is 1.96 bits per heavy atom. The topological polar surface area (TPSA) is 105 Å². The summed E-state index contributed by atoms with van der Waals surface area (Å²) in [6.45, 7) is 2.07. The summed E-state index contributed by atoms with van der Waals surface area (Å²) in [6, 6.07) is 10.3. The van der Waals surface area contributed by atoms with Crippen LogP contribution in [0.5, 0.6) is 0 Å². The van der Waals surface area contributed by atoms with Crippen LogP contribution in [0.25, 0.3) is 11.2 Å². The summed E-state index contributed by atoms with van der Waals surface area (Å²) < 4.78 is 7.30. The number of aromatic nitrogens is 4. The number of nitrogens with one attached hydrogen (secondary N) is 1. The number of nitrogens with zero attached hydrogens (tertiary/aromatic N) is 4. The SMILES string of the molecule is C[C@H](Cc1ccccc1)Nc1ncnc2c1ncn2C1O[C@H](CCl)[C@@H](O)[C@H]1O. The molecular formula is C19H22ClN5O3. The average molecular weight is 404 g/mol. The molecule has 3 N–H and O–H groups in total. The van der Waals surface area contributed by atoms with Gasteiger partial charge in [0.2, 0.25) is 0 Å². The van der Waals surface area contributed by atoms with E-state index in [-0.39, 0.29) is 11.9 Å². The average Bonchev–Trinajstić information content (AvgIpc) is 3.25. The number of halogens is 1. The van der Waals surface area contributed by atoms with Crippen LogP contribution >= 0.6 is 11.6 Å². The number of imidazole rings is 1. The van der Waals surface area contributed by atoms with E-state index < -0.39 is 24.5 Å². The molecule has 5 atom stereocenters. The zero-order chi connectivity index (χ0) is 19.7. The minimum atomic E-state index is -1.12. The number of hydrogen-bond acceptors (Lipinski definition) is 7. The smallest absolute Gasteiger partial charge is 0.167 e. The number of ether oxygens (including phenoxy) is 1. The number of hydrogen-bond donors (Lipinski definition) is 3. The maximum Gasteiger partial charge on any atom is 0.167 e. The lowest BCUT2D eigenvalue weighted by molar-refractivity contribution is -0.0291. The van der Waals surface area contributed by atoms with Gasteiger partial charge in [0, 0.05) is 6.04 Å². The van der Waals surface area contributed by atoms with E-state index in [0.717, 1.165) is 6.42 Å². The molecule has 0 radical (unpaired) electrons. The second kappa shape index (κ2) is 8.00. The van der Waals surface area contributed by atoms with Gasteiger partial charge < -0.3 is 20.3 Å². The lowest BCUT2D eigenvalue weighted by Crippen LogP contribution is -2.32. The number of aliphatic hydroxyl groups excluding tert-OH is 2. The zero-order valence-electron chi connectivity index (χ0n) is 15.3. The van der Waals surface area contributed by atoms with Gasteiger partial charge in [0.1, 0.15) is 24.6 Å². The van der Waals surface area contributed by atoms with Gasteiger partial charge in [-0.25, -0.2) is 15.0 Å². The second-order valence-electron chi connectivity index (χ2n) is 6.98. The lowest BCUT2D eigenvalue weighted by atomic mass is 10.1. The largest absolute Gasteiger partial charge is 0.387 e. The number of alkyl halides is 1. The summed E-state index contributed by atoms with van der Waals surface area (Å²) in [6.07, 6.45) is 0.159. The molecule has 1 unspecified atom stereocenters. The molecule has 1 aliphatic rings. The van der Waals surface area contributed by atoms with Gasteiger partial charge in [-0.1, -0.05) is 30.3 Å².